The number of H-pyrrole nitrogens is 1. The van der Waals surface area contributed by atoms with Crippen LogP contribution in [0.1, 0.15) is 62.0 Å². The number of hydrogen-bond acceptors (Lipinski definition) is 5. The first-order valence-corrected chi connectivity index (χ1v) is 11.1. The largest absolute Gasteiger partial charge is 0.474 e. The Hall–Kier alpha value is -3.09. The predicted molar refractivity (Wildman–Crippen MR) is 123 cm³/mol. The van der Waals surface area contributed by atoms with E-state index >= 15 is 0 Å². The molecule has 0 aliphatic heterocycles. The molecule has 0 unspecified atom stereocenters. The molecule has 0 saturated heterocycles. The molecule has 1 aromatic carbocycles. The Kier molecular flexibility index (Phi) is 6.11. The summed E-state index contributed by atoms with van der Waals surface area (Å²) >= 11 is 0. The van der Waals surface area contributed by atoms with Crippen molar-refractivity contribution in [3.8, 4) is 5.88 Å². The van der Waals surface area contributed by atoms with Gasteiger partial charge in [0.25, 0.3) is 5.91 Å². The molecule has 3 aromatic rings. The zero-order chi connectivity index (χ0) is 22.0. The third kappa shape index (κ3) is 4.81. The highest BCUT2D eigenvalue weighted by atomic mass is 16.5. The van der Waals surface area contributed by atoms with Crippen molar-refractivity contribution in [1.82, 2.24) is 20.1 Å². The van der Waals surface area contributed by atoms with Gasteiger partial charge >= 0.3 is 0 Å². The van der Waals surface area contributed by atoms with Crippen molar-refractivity contribution < 1.29 is 9.53 Å². The maximum absolute atomic E-state index is 13.2. The van der Waals surface area contributed by atoms with E-state index in [1.165, 1.54) is 19.3 Å². The summed E-state index contributed by atoms with van der Waals surface area (Å²) in [7, 11) is 1.93. The predicted octanol–water partition coefficient (Wildman–Crippen LogP) is 5.20. The minimum atomic E-state index is -0.0164. The molecule has 7 nitrogen and oxygen atoms in total. The van der Waals surface area contributed by atoms with E-state index in [1.54, 1.807) is 0 Å². The third-order valence-electron chi connectivity index (χ3n) is 5.80. The van der Waals surface area contributed by atoms with Crippen LogP contribution in [0.15, 0.2) is 30.3 Å². The molecular weight excluding hydrogens is 390 g/mol. The van der Waals surface area contributed by atoms with Crippen molar-refractivity contribution in [2.75, 3.05) is 12.4 Å². The summed E-state index contributed by atoms with van der Waals surface area (Å²) < 4.78 is 5.98. The van der Waals surface area contributed by atoms with Crippen molar-refractivity contribution >= 4 is 28.3 Å². The van der Waals surface area contributed by atoms with Gasteiger partial charge < -0.3 is 15.0 Å². The smallest absolute Gasteiger partial charge is 0.253 e. The first-order valence-electron chi connectivity index (χ1n) is 11.1. The van der Waals surface area contributed by atoms with Crippen molar-refractivity contribution in [2.45, 2.75) is 65.0 Å². The SMILES string of the molecule is Cc1cc(Nc2cc3cc(C(=O)N(C)C4CCCCC4)ccc3c(OC(C)C)n2)n[nH]1. The first kappa shape index (κ1) is 21.2. The van der Waals surface area contributed by atoms with Gasteiger partial charge in [0.15, 0.2) is 5.82 Å². The fourth-order valence-corrected chi connectivity index (χ4v) is 4.19. The van der Waals surface area contributed by atoms with E-state index in [0.717, 1.165) is 29.3 Å². The Morgan fingerprint density at radius 2 is 1.94 bits per heavy atom. The summed E-state index contributed by atoms with van der Waals surface area (Å²) in [4.78, 5) is 19.7. The van der Waals surface area contributed by atoms with Crippen LogP contribution >= 0.6 is 0 Å². The standard InChI is InChI=1S/C24H31N5O2/c1-15(2)31-23-20-11-10-17(24(30)29(4)19-8-6-5-7-9-19)13-18(20)14-21(26-23)25-22-12-16(3)27-28-22/h10-15,19H,5-9H2,1-4H3,(H2,25,26,27,28). The number of carbonyl (C=O) groups is 1. The molecule has 1 amide bonds. The number of hydrogen-bond donors (Lipinski definition) is 2. The molecule has 1 fully saturated rings. The van der Waals surface area contributed by atoms with Gasteiger partial charge in [-0.05, 0) is 63.3 Å². The molecule has 4 rings (SSSR count). The van der Waals surface area contributed by atoms with E-state index in [1.807, 2.05) is 63.1 Å². The number of carbonyl (C=O) groups excluding carboxylic acids is 1. The second kappa shape index (κ2) is 8.96. The van der Waals surface area contributed by atoms with Gasteiger partial charge in [0.05, 0.1) is 6.10 Å². The minimum Gasteiger partial charge on any atom is -0.474 e. The lowest BCUT2D eigenvalue weighted by Crippen LogP contribution is -2.38. The van der Waals surface area contributed by atoms with Crippen LogP contribution in [-0.4, -0.2) is 45.2 Å². The van der Waals surface area contributed by atoms with Crippen LogP contribution in [0.5, 0.6) is 5.88 Å². The number of fused-ring (bicyclic) bond motifs is 1. The van der Waals surface area contributed by atoms with Gasteiger partial charge in [-0.3, -0.25) is 9.89 Å². The lowest BCUT2D eigenvalue weighted by Gasteiger charge is -2.31. The summed E-state index contributed by atoms with van der Waals surface area (Å²) in [5.41, 5.74) is 1.64. The number of amides is 1. The van der Waals surface area contributed by atoms with Crippen LogP contribution < -0.4 is 10.1 Å². The van der Waals surface area contributed by atoms with Crippen LogP contribution in [0.2, 0.25) is 0 Å². The van der Waals surface area contributed by atoms with E-state index in [0.29, 0.717) is 29.1 Å². The maximum Gasteiger partial charge on any atom is 0.253 e. The molecule has 0 atom stereocenters. The highest BCUT2D eigenvalue weighted by molar-refractivity contribution is 6.00. The number of aromatic amines is 1. The van der Waals surface area contributed by atoms with Gasteiger partial charge in [-0.25, -0.2) is 0 Å². The summed E-state index contributed by atoms with van der Waals surface area (Å²) in [5.74, 6) is 1.92. The average Bonchev–Trinajstić information content (AvgIpc) is 3.17. The molecule has 0 bridgehead atoms. The highest BCUT2D eigenvalue weighted by Gasteiger charge is 2.23. The fraction of sp³-hybridized carbons (Fsp3) is 0.458. The second-order valence-corrected chi connectivity index (χ2v) is 8.68. The quantitative estimate of drug-likeness (QED) is 0.571. The van der Waals surface area contributed by atoms with E-state index in [-0.39, 0.29) is 12.0 Å². The summed E-state index contributed by atoms with van der Waals surface area (Å²) in [6.45, 7) is 5.89. The minimum absolute atomic E-state index is 0.0164. The Morgan fingerprint density at radius 3 is 2.61 bits per heavy atom. The molecule has 7 heteroatoms. The topological polar surface area (TPSA) is 83.1 Å². The molecule has 2 N–H and O–H groups in total. The molecule has 1 aliphatic carbocycles. The van der Waals surface area contributed by atoms with Crippen molar-refractivity contribution in [3.63, 3.8) is 0 Å². The number of ether oxygens (including phenoxy) is 1. The lowest BCUT2D eigenvalue weighted by molar-refractivity contribution is 0.0696. The number of rotatable bonds is 6. The molecule has 0 spiro atoms. The Bertz CT molecular complexity index is 1070. The molecule has 2 heterocycles. The average molecular weight is 422 g/mol. The Balaban J connectivity index is 1.68. The number of nitrogens with one attached hydrogen (secondary N) is 2. The molecular formula is C24H31N5O2. The van der Waals surface area contributed by atoms with Gasteiger partial charge in [-0.2, -0.15) is 10.1 Å². The highest BCUT2D eigenvalue weighted by Crippen LogP contribution is 2.30. The summed E-state index contributed by atoms with van der Waals surface area (Å²) in [5, 5.41) is 12.2. The molecule has 2 aromatic heterocycles. The molecule has 1 aliphatic rings. The van der Waals surface area contributed by atoms with Crippen LogP contribution in [-0.2, 0) is 0 Å². The van der Waals surface area contributed by atoms with Gasteiger partial charge in [0.2, 0.25) is 5.88 Å². The Morgan fingerprint density at radius 1 is 1.16 bits per heavy atom. The zero-order valence-corrected chi connectivity index (χ0v) is 18.7. The van der Waals surface area contributed by atoms with Gasteiger partial charge in [0.1, 0.15) is 5.82 Å². The number of benzene rings is 1. The summed E-state index contributed by atoms with van der Waals surface area (Å²) in [6, 6.07) is 9.92. The van der Waals surface area contributed by atoms with E-state index < -0.39 is 0 Å². The lowest BCUT2D eigenvalue weighted by atomic mass is 9.94. The first-order chi connectivity index (χ1) is 14.9. The van der Waals surface area contributed by atoms with Gasteiger partial charge in [-0.15, -0.1) is 0 Å². The van der Waals surface area contributed by atoms with Gasteiger partial charge in [-0.1, -0.05) is 19.3 Å². The number of anilines is 2. The molecule has 164 valence electrons. The number of aromatic nitrogens is 3. The molecule has 0 radical (unpaired) electrons. The second-order valence-electron chi connectivity index (χ2n) is 8.68. The van der Waals surface area contributed by atoms with Gasteiger partial charge in [0, 0.05) is 35.8 Å². The summed E-state index contributed by atoms with van der Waals surface area (Å²) in [6.07, 6.45) is 5.82. The maximum atomic E-state index is 13.2. The third-order valence-corrected chi connectivity index (χ3v) is 5.80. The fourth-order valence-electron chi connectivity index (χ4n) is 4.19. The van der Waals surface area contributed by atoms with E-state index in [2.05, 4.69) is 20.5 Å². The normalized spacial score (nSPS) is 14.7. The number of aryl methyl sites for hydroxylation is 1. The van der Waals surface area contributed by atoms with Crippen molar-refractivity contribution in [2.24, 2.45) is 0 Å². The van der Waals surface area contributed by atoms with Crippen molar-refractivity contribution in [3.05, 3.63) is 41.6 Å². The Labute approximate surface area is 183 Å². The van der Waals surface area contributed by atoms with Crippen LogP contribution in [0.4, 0.5) is 11.6 Å². The van der Waals surface area contributed by atoms with E-state index in [9.17, 15) is 4.79 Å². The van der Waals surface area contributed by atoms with E-state index in [4.69, 9.17) is 4.74 Å². The number of pyridine rings is 1. The van der Waals surface area contributed by atoms with Crippen molar-refractivity contribution in [1.29, 1.82) is 0 Å². The van der Waals surface area contributed by atoms with Crippen LogP contribution in [0.3, 0.4) is 0 Å². The number of nitrogens with zero attached hydrogens (tertiary/aromatic N) is 3. The monoisotopic (exact) mass is 421 g/mol. The molecule has 31 heavy (non-hydrogen) atoms. The zero-order valence-electron chi connectivity index (χ0n) is 18.7. The van der Waals surface area contributed by atoms with Crippen LogP contribution in [0.25, 0.3) is 10.8 Å². The van der Waals surface area contributed by atoms with Crippen LogP contribution in [0, 0.1) is 6.92 Å². The molecule has 1 saturated carbocycles.